The maximum absolute atomic E-state index is 6.06. The zero-order chi connectivity index (χ0) is 12.4. The first-order valence-corrected chi connectivity index (χ1v) is 7.07. The van der Waals surface area contributed by atoms with Crippen LogP contribution in [0.5, 0.6) is 0 Å². The van der Waals surface area contributed by atoms with E-state index in [0.717, 1.165) is 6.54 Å². The Morgan fingerprint density at radius 3 is 2.65 bits per heavy atom. The van der Waals surface area contributed by atoms with Crippen molar-refractivity contribution in [2.24, 2.45) is 5.92 Å². The quantitative estimate of drug-likeness (QED) is 0.851. The molecule has 1 aromatic rings. The Kier molecular flexibility index (Phi) is 4.35. The first-order chi connectivity index (χ1) is 8.13. The second kappa shape index (κ2) is 5.60. The van der Waals surface area contributed by atoms with Crippen LogP contribution in [0.1, 0.15) is 38.2 Å². The highest BCUT2D eigenvalue weighted by Crippen LogP contribution is 2.43. The molecule has 0 heterocycles. The molecule has 1 aromatic carbocycles. The molecule has 1 fully saturated rings. The van der Waals surface area contributed by atoms with Crippen LogP contribution in [-0.4, -0.2) is 12.6 Å². The van der Waals surface area contributed by atoms with Gasteiger partial charge in [-0.05, 0) is 48.9 Å². The van der Waals surface area contributed by atoms with E-state index in [1.54, 1.807) is 0 Å². The van der Waals surface area contributed by atoms with Crippen LogP contribution in [0.15, 0.2) is 18.2 Å². The third-order valence-electron chi connectivity index (χ3n) is 3.81. The maximum atomic E-state index is 6.06. The lowest BCUT2D eigenvalue weighted by Gasteiger charge is -2.44. The van der Waals surface area contributed by atoms with E-state index in [1.165, 1.54) is 18.4 Å². The van der Waals surface area contributed by atoms with E-state index in [-0.39, 0.29) is 0 Å². The molecule has 0 amide bonds. The normalized spacial score (nSPS) is 27.9. The van der Waals surface area contributed by atoms with Crippen molar-refractivity contribution < 1.29 is 0 Å². The summed E-state index contributed by atoms with van der Waals surface area (Å²) in [4.78, 5) is 0. The van der Waals surface area contributed by atoms with Gasteiger partial charge in [-0.2, -0.15) is 0 Å². The highest BCUT2D eigenvalue weighted by molar-refractivity contribution is 6.42. The Hall–Kier alpha value is -0.240. The minimum absolute atomic E-state index is 0.624. The first-order valence-electron chi connectivity index (χ1n) is 6.31. The Morgan fingerprint density at radius 1 is 1.29 bits per heavy atom. The highest BCUT2D eigenvalue weighted by atomic mass is 35.5. The van der Waals surface area contributed by atoms with Gasteiger partial charge < -0.3 is 5.32 Å². The molecule has 3 atom stereocenters. The lowest BCUT2D eigenvalue weighted by atomic mass is 9.67. The molecule has 0 spiro atoms. The second-order valence-electron chi connectivity index (χ2n) is 4.94. The Morgan fingerprint density at radius 2 is 2.06 bits per heavy atom. The molecule has 94 valence electrons. The number of halogens is 2. The third kappa shape index (κ3) is 2.78. The smallest absolute Gasteiger partial charge is 0.0595 e. The topological polar surface area (TPSA) is 12.0 Å². The molecule has 0 bridgehead atoms. The lowest BCUT2D eigenvalue weighted by Crippen LogP contribution is -2.48. The summed E-state index contributed by atoms with van der Waals surface area (Å²) in [6.45, 7) is 5.62. The highest BCUT2D eigenvalue weighted by Gasteiger charge is 2.37. The van der Waals surface area contributed by atoms with Crippen LogP contribution >= 0.6 is 23.2 Å². The number of nitrogens with one attached hydrogen (secondary N) is 1. The van der Waals surface area contributed by atoms with E-state index in [9.17, 15) is 0 Å². The molecule has 0 aromatic heterocycles. The third-order valence-corrected chi connectivity index (χ3v) is 4.54. The van der Waals surface area contributed by atoms with E-state index < -0.39 is 0 Å². The summed E-state index contributed by atoms with van der Waals surface area (Å²) in [6.07, 6.45) is 2.40. The molecule has 0 aliphatic heterocycles. The first kappa shape index (κ1) is 13.2. The standard InChI is InChI=1S/C14H19Cl2N/c1-3-6-17-14-8-11(9(14)2)10-4-5-12(15)13(16)7-10/h4-5,7,9,11,14,17H,3,6,8H2,1-2H3. The largest absolute Gasteiger partial charge is 0.314 e. The summed E-state index contributed by atoms with van der Waals surface area (Å²) in [7, 11) is 0. The minimum atomic E-state index is 0.624. The second-order valence-corrected chi connectivity index (χ2v) is 5.75. The van der Waals surface area contributed by atoms with Crippen molar-refractivity contribution in [1.29, 1.82) is 0 Å². The molecule has 1 N–H and O–H groups in total. The van der Waals surface area contributed by atoms with Gasteiger partial charge >= 0.3 is 0 Å². The van der Waals surface area contributed by atoms with Crippen LogP contribution in [0.3, 0.4) is 0 Å². The zero-order valence-electron chi connectivity index (χ0n) is 10.3. The van der Waals surface area contributed by atoms with Crippen molar-refractivity contribution in [2.45, 2.75) is 38.6 Å². The summed E-state index contributed by atoms with van der Waals surface area (Å²) in [6, 6.07) is 6.68. The number of rotatable bonds is 4. The van der Waals surface area contributed by atoms with E-state index >= 15 is 0 Å². The van der Waals surface area contributed by atoms with Crippen LogP contribution in [0.4, 0.5) is 0 Å². The van der Waals surface area contributed by atoms with Crippen LogP contribution in [0, 0.1) is 5.92 Å². The predicted octanol–water partition coefficient (Wildman–Crippen LogP) is 4.49. The molecule has 3 heteroatoms. The van der Waals surface area contributed by atoms with Crippen molar-refractivity contribution in [1.82, 2.24) is 5.32 Å². The SMILES string of the molecule is CCCNC1CC(c2ccc(Cl)c(Cl)c2)C1C. The maximum Gasteiger partial charge on any atom is 0.0595 e. The van der Waals surface area contributed by atoms with Gasteiger partial charge in [-0.25, -0.2) is 0 Å². The molecular weight excluding hydrogens is 253 g/mol. The minimum Gasteiger partial charge on any atom is -0.314 e. The fourth-order valence-electron chi connectivity index (χ4n) is 2.57. The molecule has 2 rings (SSSR count). The summed E-state index contributed by atoms with van der Waals surface area (Å²) < 4.78 is 0. The van der Waals surface area contributed by atoms with Gasteiger partial charge in [-0.3, -0.25) is 0 Å². The molecule has 1 aliphatic rings. The molecule has 3 unspecified atom stereocenters. The Balaban J connectivity index is 1.99. The van der Waals surface area contributed by atoms with E-state index in [0.29, 0.717) is 27.9 Å². The van der Waals surface area contributed by atoms with Gasteiger partial charge in [0.1, 0.15) is 0 Å². The van der Waals surface area contributed by atoms with Crippen LogP contribution in [-0.2, 0) is 0 Å². The van der Waals surface area contributed by atoms with Crippen LogP contribution in [0.2, 0.25) is 10.0 Å². The van der Waals surface area contributed by atoms with Crippen molar-refractivity contribution >= 4 is 23.2 Å². The van der Waals surface area contributed by atoms with Crippen molar-refractivity contribution in [3.8, 4) is 0 Å². The molecule has 1 saturated carbocycles. The molecule has 0 saturated heterocycles. The van der Waals surface area contributed by atoms with E-state index in [2.05, 4.69) is 25.2 Å². The predicted molar refractivity (Wildman–Crippen MR) is 75.1 cm³/mol. The van der Waals surface area contributed by atoms with Crippen LogP contribution in [0.25, 0.3) is 0 Å². The summed E-state index contributed by atoms with van der Waals surface area (Å²) in [5.74, 6) is 1.30. The summed E-state index contributed by atoms with van der Waals surface area (Å²) in [5, 5.41) is 4.89. The molecule has 0 radical (unpaired) electrons. The molecule has 17 heavy (non-hydrogen) atoms. The van der Waals surface area contributed by atoms with Gasteiger partial charge in [-0.15, -0.1) is 0 Å². The Bertz CT molecular complexity index is 392. The van der Waals surface area contributed by atoms with Crippen LogP contribution < -0.4 is 5.32 Å². The van der Waals surface area contributed by atoms with Crippen molar-refractivity contribution in [3.63, 3.8) is 0 Å². The monoisotopic (exact) mass is 271 g/mol. The average molecular weight is 272 g/mol. The van der Waals surface area contributed by atoms with E-state index in [4.69, 9.17) is 23.2 Å². The number of hydrogen-bond donors (Lipinski definition) is 1. The molecule has 1 nitrogen and oxygen atoms in total. The van der Waals surface area contributed by atoms with Gasteiger partial charge in [0.05, 0.1) is 10.0 Å². The van der Waals surface area contributed by atoms with Gasteiger partial charge in [-0.1, -0.05) is 43.1 Å². The zero-order valence-corrected chi connectivity index (χ0v) is 11.9. The average Bonchev–Trinajstić information content (AvgIpc) is 2.32. The number of benzene rings is 1. The number of hydrogen-bond acceptors (Lipinski definition) is 1. The van der Waals surface area contributed by atoms with Gasteiger partial charge in [0.15, 0.2) is 0 Å². The fourth-order valence-corrected chi connectivity index (χ4v) is 2.88. The van der Waals surface area contributed by atoms with Crippen molar-refractivity contribution in [3.05, 3.63) is 33.8 Å². The van der Waals surface area contributed by atoms with Gasteiger partial charge in [0.2, 0.25) is 0 Å². The van der Waals surface area contributed by atoms with Crippen molar-refractivity contribution in [2.75, 3.05) is 6.54 Å². The summed E-state index contributed by atoms with van der Waals surface area (Å²) in [5.41, 5.74) is 1.32. The molecular formula is C14H19Cl2N. The van der Waals surface area contributed by atoms with E-state index in [1.807, 2.05) is 12.1 Å². The summed E-state index contributed by atoms with van der Waals surface area (Å²) >= 11 is 12.0. The van der Waals surface area contributed by atoms with Gasteiger partial charge in [0, 0.05) is 6.04 Å². The molecule has 1 aliphatic carbocycles. The Labute approximate surface area is 114 Å². The van der Waals surface area contributed by atoms with Gasteiger partial charge in [0.25, 0.3) is 0 Å². The fraction of sp³-hybridized carbons (Fsp3) is 0.571. The lowest BCUT2D eigenvalue weighted by molar-refractivity contribution is 0.185.